The Morgan fingerprint density at radius 2 is 1.62 bits per heavy atom. The lowest BCUT2D eigenvalue weighted by atomic mass is 9.89. The lowest BCUT2D eigenvalue weighted by Gasteiger charge is -2.32. The smallest absolute Gasteiger partial charge is 0.0595 e. The lowest BCUT2D eigenvalue weighted by Crippen LogP contribution is -2.34. The second-order valence-corrected chi connectivity index (χ2v) is 8.08. The monoisotopic (exact) mass is 359 g/mol. The van der Waals surface area contributed by atoms with E-state index in [1.165, 1.54) is 50.0 Å². The van der Waals surface area contributed by atoms with Crippen LogP contribution >= 0.6 is 23.2 Å². The number of hydrogen-bond donors (Lipinski definition) is 0. The van der Waals surface area contributed by atoms with Gasteiger partial charge in [-0.3, -0.25) is 0 Å². The van der Waals surface area contributed by atoms with E-state index in [9.17, 15) is 0 Å². The molecule has 0 bridgehead atoms. The SMILES string of the molecule is Clc1ccc([C@H]2C[C@H]2CN2CCC(c3ccccc3)CC2)cc1Cl. The maximum atomic E-state index is 6.16. The Bertz CT molecular complexity index is 692. The van der Waals surface area contributed by atoms with Crippen LogP contribution in [0.15, 0.2) is 48.5 Å². The largest absolute Gasteiger partial charge is 0.303 e. The molecule has 2 atom stereocenters. The van der Waals surface area contributed by atoms with Gasteiger partial charge in [-0.2, -0.15) is 0 Å². The van der Waals surface area contributed by atoms with Crippen molar-refractivity contribution in [2.24, 2.45) is 5.92 Å². The van der Waals surface area contributed by atoms with Crippen LogP contribution in [-0.4, -0.2) is 24.5 Å². The predicted molar refractivity (Wildman–Crippen MR) is 102 cm³/mol. The van der Waals surface area contributed by atoms with Crippen molar-refractivity contribution in [3.63, 3.8) is 0 Å². The number of likely N-dealkylation sites (tertiary alicyclic amines) is 1. The topological polar surface area (TPSA) is 3.24 Å². The molecule has 0 N–H and O–H groups in total. The molecule has 0 radical (unpaired) electrons. The highest BCUT2D eigenvalue weighted by Crippen LogP contribution is 2.49. The molecule has 1 aliphatic carbocycles. The maximum Gasteiger partial charge on any atom is 0.0595 e. The molecule has 0 spiro atoms. The second-order valence-electron chi connectivity index (χ2n) is 7.26. The summed E-state index contributed by atoms with van der Waals surface area (Å²) in [5.41, 5.74) is 2.87. The summed E-state index contributed by atoms with van der Waals surface area (Å²) in [5.74, 6) is 2.20. The van der Waals surface area contributed by atoms with Gasteiger partial charge in [0, 0.05) is 6.54 Å². The maximum absolute atomic E-state index is 6.16. The summed E-state index contributed by atoms with van der Waals surface area (Å²) in [4.78, 5) is 2.65. The van der Waals surface area contributed by atoms with Crippen LogP contribution in [-0.2, 0) is 0 Å². The van der Waals surface area contributed by atoms with E-state index < -0.39 is 0 Å². The number of piperidine rings is 1. The van der Waals surface area contributed by atoms with Gasteiger partial charge >= 0.3 is 0 Å². The van der Waals surface area contributed by atoms with Gasteiger partial charge in [-0.05, 0) is 73.4 Å². The van der Waals surface area contributed by atoms with Gasteiger partial charge in [0.2, 0.25) is 0 Å². The zero-order chi connectivity index (χ0) is 16.5. The van der Waals surface area contributed by atoms with Gasteiger partial charge in [-0.1, -0.05) is 59.6 Å². The minimum atomic E-state index is 0.653. The van der Waals surface area contributed by atoms with Gasteiger partial charge in [0.05, 0.1) is 10.0 Å². The predicted octanol–water partition coefficient (Wildman–Crippen LogP) is 5.98. The molecular formula is C21H23Cl2N. The van der Waals surface area contributed by atoms with Crippen LogP contribution in [0.25, 0.3) is 0 Å². The molecule has 2 aromatic carbocycles. The molecule has 2 fully saturated rings. The average Bonchev–Trinajstić information content (AvgIpc) is 3.38. The molecule has 1 aliphatic heterocycles. The van der Waals surface area contributed by atoms with Gasteiger partial charge < -0.3 is 4.90 Å². The summed E-state index contributed by atoms with van der Waals surface area (Å²) in [7, 11) is 0. The molecule has 24 heavy (non-hydrogen) atoms. The Kier molecular flexibility index (Phi) is 4.85. The summed E-state index contributed by atoms with van der Waals surface area (Å²) in [5, 5.41) is 1.34. The molecule has 1 nitrogen and oxygen atoms in total. The molecule has 4 rings (SSSR count). The van der Waals surface area contributed by atoms with Crippen molar-refractivity contribution in [2.45, 2.75) is 31.1 Å². The molecule has 3 heteroatoms. The number of halogens is 2. The third-order valence-corrected chi connectivity index (χ3v) is 6.38. The molecule has 1 saturated carbocycles. The first-order chi connectivity index (χ1) is 11.7. The fraction of sp³-hybridized carbons (Fsp3) is 0.429. The van der Waals surface area contributed by atoms with E-state index in [2.05, 4.69) is 47.4 Å². The lowest BCUT2D eigenvalue weighted by molar-refractivity contribution is 0.203. The molecule has 0 amide bonds. The van der Waals surface area contributed by atoms with Crippen molar-refractivity contribution < 1.29 is 0 Å². The molecule has 0 aromatic heterocycles. The fourth-order valence-corrected chi connectivity index (χ4v) is 4.41. The van der Waals surface area contributed by atoms with Crippen molar-refractivity contribution in [2.75, 3.05) is 19.6 Å². The van der Waals surface area contributed by atoms with E-state index >= 15 is 0 Å². The molecule has 126 valence electrons. The van der Waals surface area contributed by atoms with E-state index in [1.54, 1.807) is 0 Å². The van der Waals surface area contributed by atoms with E-state index in [-0.39, 0.29) is 0 Å². The summed E-state index contributed by atoms with van der Waals surface area (Å²) < 4.78 is 0. The first kappa shape index (κ1) is 16.4. The molecule has 2 aromatic rings. The Morgan fingerprint density at radius 1 is 0.875 bits per heavy atom. The Morgan fingerprint density at radius 3 is 2.33 bits per heavy atom. The zero-order valence-electron chi connectivity index (χ0n) is 13.8. The van der Waals surface area contributed by atoms with Crippen molar-refractivity contribution in [3.05, 3.63) is 69.7 Å². The quantitative estimate of drug-likeness (QED) is 0.649. The average molecular weight is 360 g/mol. The minimum Gasteiger partial charge on any atom is -0.303 e. The van der Waals surface area contributed by atoms with E-state index in [0.29, 0.717) is 16.0 Å². The van der Waals surface area contributed by atoms with Gasteiger partial charge in [0.15, 0.2) is 0 Å². The molecular weight excluding hydrogens is 337 g/mol. The van der Waals surface area contributed by atoms with Gasteiger partial charge in [-0.15, -0.1) is 0 Å². The van der Waals surface area contributed by atoms with Crippen LogP contribution in [0, 0.1) is 5.92 Å². The molecule has 1 saturated heterocycles. The standard InChI is InChI=1S/C21H23Cl2N/c22-20-7-6-17(13-21(20)23)19-12-18(19)14-24-10-8-16(9-11-24)15-4-2-1-3-5-15/h1-7,13,16,18-19H,8-12,14H2/t18-,19+/m0/s1. The highest BCUT2D eigenvalue weighted by atomic mass is 35.5. The number of benzene rings is 2. The van der Waals surface area contributed by atoms with Gasteiger partial charge in [-0.25, -0.2) is 0 Å². The van der Waals surface area contributed by atoms with E-state index in [0.717, 1.165) is 11.8 Å². The van der Waals surface area contributed by atoms with Crippen LogP contribution in [0.1, 0.15) is 42.2 Å². The van der Waals surface area contributed by atoms with Crippen LogP contribution in [0.4, 0.5) is 0 Å². The minimum absolute atomic E-state index is 0.653. The summed E-state index contributed by atoms with van der Waals surface area (Å²) in [6, 6.07) is 17.1. The molecule has 2 aliphatic rings. The Balaban J connectivity index is 1.28. The van der Waals surface area contributed by atoms with Crippen molar-refractivity contribution in [1.29, 1.82) is 0 Å². The summed E-state index contributed by atoms with van der Waals surface area (Å²) in [6.45, 7) is 3.68. The molecule has 1 heterocycles. The van der Waals surface area contributed by atoms with E-state index in [4.69, 9.17) is 23.2 Å². The Hall–Kier alpha value is -1.02. The Labute approximate surface area is 154 Å². The summed E-state index contributed by atoms with van der Waals surface area (Å²) >= 11 is 12.2. The number of hydrogen-bond acceptors (Lipinski definition) is 1. The van der Waals surface area contributed by atoms with Crippen molar-refractivity contribution >= 4 is 23.2 Å². The van der Waals surface area contributed by atoms with Crippen LogP contribution in [0.5, 0.6) is 0 Å². The van der Waals surface area contributed by atoms with Gasteiger partial charge in [0.1, 0.15) is 0 Å². The number of nitrogens with zero attached hydrogens (tertiary/aromatic N) is 1. The van der Waals surface area contributed by atoms with Crippen molar-refractivity contribution in [3.8, 4) is 0 Å². The zero-order valence-corrected chi connectivity index (χ0v) is 15.3. The van der Waals surface area contributed by atoms with Crippen LogP contribution in [0.2, 0.25) is 10.0 Å². The van der Waals surface area contributed by atoms with Crippen LogP contribution < -0.4 is 0 Å². The normalized spacial score (nSPS) is 24.9. The first-order valence-corrected chi connectivity index (χ1v) is 9.68. The highest BCUT2D eigenvalue weighted by Gasteiger charge is 2.39. The highest BCUT2D eigenvalue weighted by molar-refractivity contribution is 6.42. The molecule has 0 unspecified atom stereocenters. The first-order valence-electron chi connectivity index (χ1n) is 8.93. The van der Waals surface area contributed by atoms with E-state index in [1.807, 2.05) is 6.07 Å². The van der Waals surface area contributed by atoms with Gasteiger partial charge in [0.25, 0.3) is 0 Å². The van der Waals surface area contributed by atoms with Crippen LogP contribution in [0.3, 0.4) is 0 Å². The fourth-order valence-electron chi connectivity index (χ4n) is 4.11. The van der Waals surface area contributed by atoms with Crippen molar-refractivity contribution in [1.82, 2.24) is 4.90 Å². The summed E-state index contributed by atoms with van der Waals surface area (Å²) in [6.07, 6.45) is 3.86. The third kappa shape index (κ3) is 3.64. The number of rotatable bonds is 4. The second kappa shape index (κ2) is 7.07. The third-order valence-electron chi connectivity index (χ3n) is 5.65.